The minimum absolute atomic E-state index is 0.0369. The minimum Gasteiger partial charge on any atom is -0.462 e. The van der Waals surface area contributed by atoms with Crippen molar-refractivity contribution in [2.75, 3.05) is 6.61 Å². The summed E-state index contributed by atoms with van der Waals surface area (Å²) in [7, 11) is 0. The van der Waals surface area contributed by atoms with E-state index in [9.17, 15) is 13.6 Å². The van der Waals surface area contributed by atoms with Gasteiger partial charge in [0.1, 0.15) is 16.9 Å². The molecule has 1 aromatic heterocycles. The van der Waals surface area contributed by atoms with Crippen LogP contribution < -0.4 is 0 Å². The number of nitriles is 1. The zero-order valence-electron chi connectivity index (χ0n) is 10.3. The van der Waals surface area contributed by atoms with Crippen molar-refractivity contribution in [1.29, 1.82) is 5.26 Å². The van der Waals surface area contributed by atoms with Crippen molar-refractivity contribution in [3.05, 3.63) is 27.5 Å². The molecular weight excluding hydrogens is 278 g/mol. The second kappa shape index (κ2) is 6.43. The van der Waals surface area contributed by atoms with Gasteiger partial charge in [-0.15, -0.1) is 0 Å². The molecule has 1 heterocycles. The van der Waals surface area contributed by atoms with Crippen molar-refractivity contribution in [2.24, 2.45) is 0 Å². The summed E-state index contributed by atoms with van der Waals surface area (Å²) in [6.45, 7) is 3.22. The van der Waals surface area contributed by atoms with E-state index in [0.29, 0.717) is 0 Å². The summed E-state index contributed by atoms with van der Waals surface area (Å²) in [6.07, 6.45) is -2.78. The van der Waals surface area contributed by atoms with Crippen molar-refractivity contribution in [2.45, 2.75) is 26.7 Å². The molecule has 0 aliphatic rings. The van der Waals surface area contributed by atoms with E-state index in [1.807, 2.05) is 0 Å². The monoisotopic (exact) mass is 288 g/mol. The molecule has 0 radical (unpaired) electrons. The molecule has 0 saturated carbocycles. The number of alkyl halides is 2. The van der Waals surface area contributed by atoms with E-state index in [1.165, 1.54) is 0 Å². The molecule has 102 valence electrons. The number of carbonyl (C=O) groups excluding carboxylic acids is 1. The van der Waals surface area contributed by atoms with Crippen LogP contribution in [0, 0.1) is 11.3 Å². The Bertz CT molecular complexity index is 542. The minimum atomic E-state index is -2.98. The summed E-state index contributed by atoms with van der Waals surface area (Å²) in [5.41, 5.74) is -1.05. The molecule has 0 bridgehead atoms. The van der Waals surface area contributed by atoms with Gasteiger partial charge in [-0.1, -0.05) is 18.5 Å². The zero-order chi connectivity index (χ0) is 14.6. The lowest BCUT2D eigenvalue weighted by Gasteiger charge is -2.14. The van der Waals surface area contributed by atoms with Crippen LogP contribution in [0.5, 0.6) is 0 Å². The molecule has 0 aliphatic heterocycles. The quantitative estimate of drug-likeness (QED) is 0.630. The van der Waals surface area contributed by atoms with Crippen molar-refractivity contribution in [3.8, 4) is 6.07 Å². The molecular formula is C12H11ClF2N2O2. The van der Waals surface area contributed by atoms with E-state index < -0.39 is 18.1 Å². The molecule has 0 unspecified atom stereocenters. The number of hydrogen-bond donors (Lipinski definition) is 0. The maximum Gasteiger partial charge on any atom is 0.340 e. The Hall–Kier alpha value is -1.74. The highest BCUT2D eigenvalue weighted by Crippen LogP contribution is 2.30. The van der Waals surface area contributed by atoms with Gasteiger partial charge < -0.3 is 4.74 Å². The molecule has 1 rings (SSSR count). The molecule has 19 heavy (non-hydrogen) atoms. The largest absolute Gasteiger partial charge is 0.462 e. The average Bonchev–Trinajstić information content (AvgIpc) is 2.37. The number of carbonyl (C=O) groups is 1. The highest BCUT2D eigenvalue weighted by molar-refractivity contribution is 6.30. The number of pyridine rings is 1. The van der Waals surface area contributed by atoms with Gasteiger partial charge in [-0.3, -0.25) is 0 Å². The average molecular weight is 289 g/mol. The number of halogens is 3. The predicted octanol–water partition coefficient (Wildman–Crippen LogP) is 3.28. The van der Waals surface area contributed by atoms with E-state index in [0.717, 1.165) is 0 Å². The smallest absolute Gasteiger partial charge is 0.340 e. The molecule has 0 aliphatic carbocycles. The lowest BCUT2D eigenvalue weighted by Crippen LogP contribution is -2.15. The van der Waals surface area contributed by atoms with Gasteiger partial charge in [0, 0.05) is 0 Å². The van der Waals surface area contributed by atoms with Gasteiger partial charge in [0.2, 0.25) is 0 Å². The van der Waals surface area contributed by atoms with Gasteiger partial charge in [0.05, 0.1) is 17.7 Å². The third kappa shape index (κ3) is 2.99. The molecule has 0 saturated heterocycles. The summed E-state index contributed by atoms with van der Waals surface area (Å²) in [5.74, 6) is -0.921. The number of ether oxygens (including phenoxy) is 1. The third-order valence-electron chi connectivity index (χ3n) is 2.44. The van der Waals surface area contributed by atoms with Crippen molar-refractivity contribution < 1.29 is 18.3 Å². The predicted molar refractivity (Wildman–Crippen MR) is 64.3 cm³/mol. The highest BCUT2D eigenvalue weighted by atomic mass is 35.5. The van der Waals surface area contributed by atoms with Crippen LogP contribution in [0.4, 0.5) is 8.78 Å². The van der Waals surface area contributed by atoms with Gasteiger partial charge in [0.25, 0.3) is 6.43 Å². The number of aromatic nitrogens is 1. The Morgan fingerprint density at radius 3 is 2.58 bits per heavy atom. The van der Waals surface area contributed by atoms with Crippen LogP contribution >= 0.6 is 11.6 Å². The Kier molecular flexibility index (Phi) is 5.19. The highest BCUT2D eigenvalue weighted by Gasteiger charge is 2.28. The first-order chi connectivity index (χ1) is 8.97. The maximum atomic E-state index is 12.9. The molecule has 4 nitrogen and oxygen atoms in total. The van der Waals surface area contributed by atoms with Crippen molar-refractivity contribution in [3.63, 3.8) is 0 Å². The van der Waals surface area contributed by atoms with E-state index in [1.54, 1.807) is 19.9 Å². The Morgan fingerprint density at radius 2 is 2.16 bits per heavy atom. The Balaban J connectivity index is 3.63. The van der Waals surface area contributed by atoms with Crippen LogP contribution in [0.25, 0.3) is 0 Å². The van der Waals surface area contributed by atoms with Crippen molar-refractivity contribution in [1.82, 2.24) is 4.98 Å². The van der Waals surface area contributed by atoms with E-state index in [2.05, 4.69) is 4.98 Å². The summed E-state index contributed by atoms with van der Waals surface area (Å²) >= 11 is 5.69. The number of nitrogens with zero attached hydrogens (tertiary/aromatic N) is 2. The van der Waals surface area contributed by atoms with Crippen LogP contribution in [0.3, 0.4) is 0 Å². The van der Waals surface area contributed by atoms with Crippen LogP contribution in [-0.2, 0) is 11.2 Å². The first kappa shape index (κ1) is 15.3. The van der Waals surface area contributed by atoms with Crippen LogP contribution in [0.2, 0.25) is 5.15 Å². The molecule has 0 spiro atoms. The molecule has 0 N–H and O–H groups in total. The molecule has 0 atom stereocenters. The molecule has 1 aromatic rings. The molecule has 0 amide bonds. The summed E-state index contributed by atoms with van der Waals surface area (Å²) < 4.78 is 30.6. The summed E-state index contributed by atoms with van der Waals surface area (Å²) in [5, 5.41) is 8.65. The summed E-state index contributed by atoms with van der Waals surface area (Å²) in [4.78, 5) is 15.2. The van der Waals surface area contributed by atoms with Crippen LogP contribution in [-0.4, -0.2) is 17.6 Å². The van der Waals surface area contributed by atoms with E-state index >= 15 is 0 Å². The Morgan fingerprint density at radius 1 is 1.53 bits per heavy atom. The lowest BCUT2D eigenvalue weighted by molar-refractivity contribution is 0.0512. The topological polar surface area (TPSA) is 63.0 Å². The van der Waals surface area contributed by atoms with Crippen molar-refractivity contribution >= 4 is 17.6 Å². The fourth-order valence-electron chi connectivity index (χ4n) is 1.68. The second-order valence-electron chi connectivity index (χ2n) is 3.50. The fraction of sp³-hybridized carbons (Fsp3) is 0.417. The van der Waals surface area contributed by atoms with E-state index in [-0.39, 0.29) is 34.9 Å². The first-order valence-electron chi connectivity index (χ1n) is 5.55. The first-order valence-corrected chi connectivity index (χ1v) is 5.93. The molecule has 7 heteroatoms. The van der Waals surface area contributed by atoms with Crippen LogP contribution in [0.1, 0.15) is 47.5 Å². The molecule has 0 fully saturated rings. The van der Waals surface area contributed by atoms with Crippen LogP contribution in [0.15, 0.2) is 0 Å². The Labute approximate surface area is 114 Å². The van der Waals surface area contributed by atoms with Gasteiger partial charge in [-0.2, -0.15) is 5.26 Å². The van der Waals surface area contributed by atoms with E-state index in [4.69, 9.17) is 21.6 Å². The standard InChI is InChI=1S/C12H11ClF2N2O2/c1-3-6-7(5-16)10(13)17-9(11(14)15)8(6)12(18)19-4-2/h11H,3-4H2,1-2H3. The van der Waals surface area contributed by atoms with Gasteiger partial charge in [-0.25, -0.2) is 18.6 Å². The molecule has 0 aromatic carbocycles. The number of esters is 1. The number of hydrogen-bond acceptors (Lipinski definition) is 4. The van der Waals surface area contributed by atoms with Gasteiger partial charge in [-0.05, 0) is 18.9 Å². The SMILES string of the molecule is CCOC(=O)c1c(C(F)F)nc(Cl)c(C#N)c1CC. The lowest BCUT2D eigenvalue weighted by atomic mass is 9.99. The maximum absolute atomic E-state index is 12.9. The number of rotatable bonds is 4. The third-order valence-corrected chi connectivity index (χ3v) is 2.71. The summed E-state index contributed by atoms with van der Waals surface area (Å²) in [6, 6.07) is 1.77. The fourth-order valence-corrected chi connectivity index (χ4v) is 1.93. The zero-order valence-corrected chi connectivity index (χ0v) is 11.1. The second-order valence-corrected chi connectivity index (χ2v) is 3.86. The van der Waals surface area contributed by atoms with Gasteiger partial charge in [0.15, 0.2) is 0 Å². The normalized spacial score (nSPS) is 10.4. The van der Waals surface area contributed by atoms with Gasteiger partial charge >= 0.3 is 5.97 Å².